The van der Waals surface area contributed by atoms with E-state index < -0.39 is 0 Å². The van der Waals surface area contributed by atoms with Crippen LogP contribution in [0.5, 0.6) is 0 Å². The van der Waals surface area contributed by atoms with Gasteiger partial charge in [0.05, 0.1) is 22.4 Å². The van der Waals surface area contributed by atoms with Crippen molar-refractivity contribution < 1.29 is 0 Å². The molecule has 3 aromatic rings. The van der Waals surface area contributed by atoms with Crippen LogP contribution in [0.3, 0.4) is 0 Å². The van der Waals surface area contributed by atoms with Gasteiger partial charge < -0.3 is 11.1 Å². The third-order valence-corrected chi connectivity index (χ3v) is 3.78. The highest BCUT2D eigenvalue weighted by molar-refractivity contribution is 5.77. The van der Waals surface area contributed by atoms with Crippen molar-refractivity contribution >= 4 is 22.4 Å². The molecule has 2 aromatic carbocycles. The van der Waals surface area contributed by atoms with Gasteiger partial charge in [-0.25, -0.2) is 4.79 Å². The molecule has 0 aliphatic heterocycles. The van der Waals surface area contributed by atoms with E-state index in [-0.39, 0.29) is 5.69 Å². The largest absolute Gasteiger partial charge is 0.397 e. The average molecular weight is 282 g/mol. The molecule has 0 saturated carbocycles. The summed E-state index contributed by atoms with van der Waals surface area (Å²) in [5, 5.41) is 3.32. The van der Waals surface area contributed by atoms with Crippen molar-refractivity contribution in [2.45, 2.75) is 6.54 Å². The van der Waals surface area contributed by atoms with Crippen LogP contribution >= 0.6 is 0 Å². The van der Waals surface area contributed by atoms with E-state index in [1.807, 2.05) is 42.5 Å². The van der Waals surface area contributed by atoms with E-state index >= 15 is 0 Å². The van der Waals surface area contributed by atoms with Crippen molar-refractivity contribution in [1.29, 1.82) is 0 Å². The number of benzene rings is 2. The predicted octanol–water partition coefficient (Wildman–Crippen LogP) is 2.07. The summed E-state index contributed by atoms with van der Waals surface area (Å²) in [4.78, 5) is 11.9. The van der Waals surface area contributed by atoms with Gasteiger partial charge in [-0.2, -0.15) is 0 Å². The van der Waals surface area contributed by atoms with Crippen molar-refractivity contribution in [1.82, 2.24) is 9.13 Å². The number of rotatable bonds is 3. The first kappa shape index (κ1) is 13.3. The molecule has 5 nitrogen and oxygen atoms in total. The van der Waals surface area contributed by atoms with Gasteiger partial charge in [0.15, 0.2) is 0 Å². The van der Waals surface area contributed by atoms with Crippen molar-refractivity contribution in [3.05, 3.63) is 58.5 Å². The molecule has 0 saturated heterocycles. The normalized spacial score (nSPS) is 11.0. The second-order valence-corrected chi connectivity index (χ2v) is 5.16. The Hall–Kier alpha value is -2.69. The van der Waals surface area contributed by atoms with Crippen LogP contribution in [0.15, 0.2) is 47.3 Å². The molecule has 0 spiro atoms. The standard InChI is InChI=1S/C16H18N4O/c1-19-14-8-7-11(9-15(14)20(2)16(19)21)10-18-13-6-4-3-5-12(13)17/h3-9,18H,10,17H2,1-2H3. The van der Waals surface area contributed by atoms with Gasteiger partial charge in [0, 0.05) is 20.6 Å². The minimum absolute atomic E-state index is 0.0117. The molecule has 0 amide bonds. The highest BCUT2D eigenvalue weighted by Gasteiger charge is 2.08. The molecule has 0 unspecified atom stereocenters. The molecule has 21 heavy (non-hydrogen) atoms. The molecule has 1 heterocycles. The molecule has 5 heteroatoms. The quantitative estimate of drug-likeness (QED) is 0.723. The zero-order valence-corrected chi connectivity index (χ0v) is 12.1. The van der Waals surface area contributed by atoms with Crippen LogP contribution in [-0.4, -0.2) is 9.13 Å². The fourth-order valence-corrected chi connectivity index (χ4v) is 2.52. The van der Waals surface area contributed by atoms with Gasteiger partial charge in [-0.05, 0) is 29.8 Å². The van der Waals surface area contributed by atoms with Gasteiger partial charge in [0.2, 0.25) is 0 Å². The summed E-state index contributed by atoms with van der Waals surface area (Å²) in [7, 11) is 3.57. The van der Waals surface area contributed by atoms with Crippen LogP contribution in [0.1, 0.15) is 5.56 Å². The van der Waals surface area contributed by atoms with Crippen LogP contribution < -0.4 is 16.7 Å². The summed E-state index contributed by atoms with van der Waals surface area (Å²) in [6.45, 7) is 0.660. The topological polar surface area (TPSA) is 65.0 Å². The van der Waals surface area contributed by atoms with Crippen molar-refractivity contribution in [3.63, 3.8) is 0 Å². The Morgan fingerprint density at radius 3 is 2.52 bits per heavy atom. The van der Waals surface area contributed by atoms with Gasteiger partial charge in [-0.1, -0.05) is 18.2 Å². The molecular formula is C16H18N4O. The maximum Gasteiger partial charge on any atom is 0.328 e. The van der Waals surface area contributed by atoms with Crippen LogP contribution in [0.4, 0.5) is 11.4 Å². The SMILES string of the molecule is Cn1c(=O)n(C)c2cc(CNc3ccccc3N)ccc21. The van der Waals surface area contributed by atoms with E-state index in [9.17, 15) is 4.79 Å². The van der Waals surface area contributed by atoms with Gasteiger partial charge in [0.25, 0.3) is 0 Å². The van der Waals surface area contributed by atoms with Gasteiger partial charge in [0.1, 0.15) is 0 Å². The van der Waals surface area contributed by atoms with E-state index in [2.05, 4.69) is 5.32 Å². The molecular weight excluding hydrogens is 264 g/mol. The maximum atomic E-state index is 11.9. The van der Waals surface area contributed by atoms with E-state index in [1.54, 1.807) is 23.2 Å². The summed E-state index contributed by atoms with van der Waals surface area (Å²) in [6, 6.07) is 13.7. The first-order chi connectivity index (χ1) is 10.1. The zero-order chi connectivity index (χ0) is 15.0. The van der Waals surface area contributed by atoms with Crippen LogP contribution in [0.2, 0.25) is 0 Å². The molecule has 3 rings (SSSR count). The van der Waals surface area contributed by atoms with Gasteiger partial charge in [-0.15, -0.1) is 0 Å². The molecule has 3 N–H and O–H groups in total. The van der Waals surface area contributed by atoms with E-state index in [0.717, 1.165) is 28.0 Å². The van der Waals surface area contributed by atoms with Crippen LogP contribution in [-0.2, 0) is 20.6 Å². The highest BCUT2D eigenvalue weighted by Crippen LogP contribution is 2.19. The van der Waals surface area contributed by atoms with Crippen LogP contribution in [0, 0.1) is 0 Å². The van der Waals surface area contributed by atoms with E-state index in [1.165, 1.54) is 0 Å². The molecule has 0 fully saturated rings. The molecule has 0 aliphatic rings. The fraction of sp³-hybridized carbons (Fsp3) is 0.188. The summed E-state index contributed by atoms with van der Waals surface area (Å²) < 4.78 is 3.32. The van der Waals surface area contributed by atoms with E-state index in [4.69, 9.17) is 5.73 Å². The number of hydrogen-bond donors (Lipinski definition) is 2. The Balaban J connectivity index is 1.90. The fourth-order valence-electron chi connectivity index (χ4n) is 2.52. The van der Waals surface area contributed by atoms with Crippen molar-refractivity contribution in [2.75, 3.05) is 11.1 Å². The second kappa shape index (κ2) is 5.01. The minimum atomic E-state index is -0.0117. The number of hydrogen-bond acceptors (Lipinski definition) is 3. The van der Waals surface area contributed by atoms with E-state index in [0.29, 0.717) is 6.54 Å². The Kier molecular flexibility index (Phi) is 3.17. The number of nitrogens with one attached hydrogen (secondary N) is 1. The average Bonchev–Trinajstić information content (AvgIpc) is 2.71. The third-order valence-electron chi connectivity index (χ3n) is 3.78. The highest BCUT2D eigenvalue weighted by atomic mass is 16.1. The lowest BCUT2D eigenvalue weighted by molar-refractivity contribution is 0.795. The maximum absolute atomic E-state index is 11.9. The number of anilines is 2. The van der Waals surface area contributed by atoms with Crippen molar-refractivity contribution in [3.8, 4) is 0 Å². The summed E-state index contributed by atoms with van der Waals surface area (Å²) in [6.07, 6.45) is 0. The smallest absolute Gasteiger partial charge is 0.328 e. The lowest BCUT2D eigenvalue weighted by Crippen LogP contribution is -2.19. The van der Waals surface area contributed by atoms with Gasteiger partial charge >= 0.3 is 5.69 Å². The molecule has 0 bridgehead atoms. The summed E-state index contributed by atoms with van der Waals surface area (Å²) in [5.74, 6) is 0. The number of para-hydroxylation sites is 2. The molecule has 1 aromatic heterocycles. The number of aromatic nitrogens is 2. The van der Waals surface area contributed by atoms with Crippen LogP contribution in [0.25, 0.3) is 11.0 Å². The molecule has 0 radical (unpaired) electrons. The lowest BCUT2D eigenvalue weighted by Gasteiger charge is -2.09. The van der Waals surface area contributed by atoms with Crippen molar-refractivity contribution in [2.24, 2.45) is 14.1 Å². The summed E-state index contributed by atoms with van der Waals surface area (Å²) in [5.41, 5.74) is 10.5. The monoisotopic (exact) mass is 282 g/mol. The number of imidazole rings is 1. The Morgan fingerprint density at radius 1 is 1.05 bits per heavy atom. The number of aryl methyl sites for hydroxylation is 2. The molecule has 0 atom stereocenters. The Labute approximate surface area is 122 Å². The molecule has 108 valence electrons. The molecule has 0 aliphatic carbocycles. The minimum Gasteiger partial charge on any atom is -0.397 e. The second-order valence-electron chi connectivity index (χ2n) is 5.16. The number of nitrogens with zero attached hydrogens (tertiary/aromatic N) is 2. The summed E-state index contributed by atoms with van der Waals surface area (Å²) >= 11 is 0. The Morgan fingerprint density at radius 2 is 1.76 bits per heavy atom. The zero-order valence-electron chi connectivity index (χ0n) is 12.1. The predicted molar refractivity (Wildman–Crippen MR) is 86.3 cm³/mol. The van der Waals surface area contributed by atoms with Gasteiger partial charge in [-0.3, -0.25) is 9.13 Å². The Bertz CT molecular complexity index is 860. The number of nitrogen functional groups attached to an aromatic ring is 1. The lowest BCUT2D eigenvalue weighted by atomic mass is 10.2. The first-order valence-electron chi connectivity index (χ1n) is 6.80. The number of nitrogens with two attached hydrogens (primary N) is 1. The first-order valence-corrected chi connectivity index (χ1v) is 6.80. The number of fused-ring (bicyclic) bond motifs is 1. The third kappa shape index (κ3) is 2.27.